The summed E-state index contributed by atoms with van der Waals surface area (Å²) in [5.74, 6) is 0.121. The molecule has 0 bridgehead atoms. The molecule has 0 aliphatic carbocycles. The minimum Gasteiger partial charge on any atom is -0.466 e. The molecule has 0 N–H and O–H groups in total. The molecule has 1 heterocycles. The van der Waals surface area contributed by atoms with E-state index in [4.69, 9.17) is 4.74 Å². The number of hydrogen-bond acceptors (Lipinski definition) is 3. The standard InChI is InChI=1S/C22H25NO2/c1-3-25-21(24)15-9-10-17(2)22-20-14-8-7-11-18(20)16-23(22)19-12-5-4-6-13-19/h4-14,17,22H,3,15-16H2,1-2H3/b10-9+/t17?,22-/m0/s1. The zero-order valence-corrected chi connectivity index (χ0v) is 14.9. The van der Waals surface area contributed by atoms with Gasteiger partial charge in [0, 0.05) is 12.2 Å². The molecule has 1 aliphatic rings. The molecule has 0 amide bonds. The van der Waals surface area contributed by atoms with Gasteiger partial charge in [0.25, 0.3) is 0 Å². The predicted molar refractivity (Wildman–Crippen MR) is 101 cm³/mol. The highest BCUT2D eigenvalue weighted by atomic mass is 16.5. The van der Waals surface area contributed by atoms with E-state index in [2.05, 4.69) is 66.4 Å². The van der Waals surface area contributed by atoms with Crippen molar-refractivity contribution in [1.29, 1.82) is 0 Å². The molecule has 1 unspecified atom stereocenters. The molecule has 1 aliphatic heterocycles. The van der Waals surface area contributed by atoms with Gasteiger partial charge < -0.3 is 9.64 Å². The van der Waals surface area contributed by atoms with E-state index in [-0.39, 0.29) is 12.0 Å². The van der Waals surface area contributed by atoms with Gasteiger partial charge in [-0.2, -0.15) is 0 Å². The fourth-order valence-corrected chi connectivity index (χ4v) is 3.56. The first-order chi connectivity index (χ1) is 12.2. The van der Waals surface area contributed by atoms with Crippen LogP contribution in [0.2, 0.25) is 0 Å². The van der Waals surface area contributed by atoms with Crippen molar-refractivity contribution in [2.75, 3.05) is 11.5 Å². The summed E-state index contributed by atoms with van der Waals surface area (Å²) in [5.41, 5.74) is 3.98. The Bertz CT molecular complexity index is 739. The van der Waals surface area contributed by atoms with Gasteiger partial charge in [-0.1, -0.05) is 61.5 Å². The van der Waals surface area contributed by atoms with E-state index >= 15 is 0 Å². The monoisotopic (exact) mass is 335 g/mol. The SMILES string of the molecule is CCOC(=O)C/C=C/C(C)[C@H]1c2ccccc2CN1c1ccccc1. The second-order valence-electron chi connectivity index (χ2n) is 6.40. The summed E-state index contributed by atoms with van der Waals surface area (Å²) in [6.45, 7) is 5.39. The van der Waals surface area contributed by atoms with E-state index in [1.165, 1.54) is 16.8 Å². The average Bonchev–Trinajstić information content (AvgIpc) is 3.02. The van der Waals surface area contributed by atoms with Crippen molar-refractivity contribution in [1.82, 2.24) is 0 Å². The van der Waals surface area contributed by atoms with E-state index in [0.717, 1.165) is 6.54 Å². The number of hydrogen-bond donors (Lipinski definition) is 0. The van der Waals surface area contributed by atoms with Crippen LogP contribution in [-0.2, 0) is 16.1 Å². The zero-order valence-electron chi connectivity index (χ0n) is 14.9. The number of carbonyl (C=O) groups is 1. The third kappa shape index (κ3) is 3.93. The third-order valence-corrected chi connectivity index (χ3v) is 4.67. The molecule has 3 heteroatoms. The van der Waals surface area contributed by atoms with E-state index < -0.39 is 0 Å². The van der Waals surface area contributed by atoms with Gasteiger partial charge in [0.05, 0.1) is 19.1 Å². The molecule has 0 saturated heterocycles. The fourth-order valence-electron chi connectivity index (χ4n) is 3.56. The van der Waals surface area contributed by atoms with Crippen LogP contribution < -0.4 is 4.90 Å². The van der Waals surface area contributed by atoms with Gasteiger partial charge >= 0.3 is 5.97 Å². The minimum atomic E-state index is -0.169. The highest BCUT2D eigenvalue weighted by Gasteiger charge is 2.32. The Morgan fingerprint density at radius 2 is 1.92 bits per heavy atom. The fraction of sp³-hybridized carbons (Fsp3) is 0.318. The summed E-state index contributed by atoms with van der Waals surface area (Å²) in [5, 5.41) is 0. The lowest BCUT2D eigenvalue weighted by Gasteiger charge is -2.30. The maximum atomic E-state index is 11.5. The molecule has 130 valence electrons. The van der Waals surface area contributed by atoms with E-state index in [1.807, 2.05) is 19.1 Å². The lowest BCUT2D eigenvalue weighted by Crippen LogP contribution is -2.25. The Kier molecular flexibility index (Phi) is 5.54. The molecular formula is C22H25NO2. The van der Waals surface area contributed by atoms with Gasteiger partial charge in [0.15, 0.2) is 0 Å². The van der Waals surface area contributed by atoms with Gasteiger partial charge in [-0.3, -0.25) is 4.79 Å². The number of ether oxygens (including phenoxy) is 1. The van der Waals surface area contributed by atoms with Crippen molar-refractivity contribution in [2.45, 2.75) is 32.9 Å². The Morgan fingerprint density at radius 3 is 2.68 bits per heavy atom. The largest absolute Gasteiger partial charge is 0.466 e. The van der Waals surface area contributed by atoms with Crippen molar-refractivity contribution in [3.63, 3.8) is 0 Å². The highest BCUT2D eigenvalue weighted by Crippen LogP contribution is 2.42. The molecule has 2 atom stereocenters. The normalized spacial score (nSPS) is 17.5. The lowest BCUT2D eigenvalue weighted by atomic mass is 9.93. The molecule has 0 fully saturated rings. The van der Waals surface area contributed by atoms with E-state index in [9.17, 15) is 4.79 Å². The van der Waals surface area contributed by atoms with Crippen LogP contribution >= 0.6 is 0 Å². The van der Waals surface area contributed by atoms with Gasteiger partial charge in [-0.25, -0.2) is 0 Å². The number of esters is 1. The molecule has 25 heavy (non-hydrogen) atoms. The number of rotatable bonds is 6. The summed E-state index contributed by atoms with van der Waals surface area (Å²) in [6, 6.07) is 19.4. The summed E-state index contributed by atoms with van der Waals surface area (Å²) in [6.07, 6.45) is 4.41. The first kappa shape index (κ1) is 17.3. The van der Waals surface area contributed by atoms with Crippen LogP contribution in [0, 0.1) is 5.92 Å². The Labute approximate surface area is 149 Å². The van der Waals surface area contributed by atoms with Crippen molar-refractivity contribution in [3.05, 3.63) is 77.9 Å². The van der Waals surface area contributed by atoms with Crippen LogP contribution in [0.25, 0.3) is 0 Å². The van der Waals surface area contributed by atoms with Crippen LogP contribution in [-0.4, -0.2) is 12.6 Å². The van der Waals surface area contributed by atoms with Crippen LogP contribution in [0.5, 0.6) is 0 Å². The second-order valence-corrected chi connectivity index (χ2v) is 6.40. The molecule has 3 nitrogen and oxygen atoms in total. The summed E-state index contributed by atoms with van der Waals surface area (Å²) >= 11 is 0. The molecule has 0 saturated carbocycles. The highest BCUT2D eigenvalue weighted by molar-refractivity contribution is 5.71. The van der Waals surface area contributed by atoms with E-state index in [1.54, 1.807) is 0 Å². The molecule has 3 rings (SSSR count). The number of para-hydroxylation sites is 1. The molecule has 2 aromatic rings. The van der Waals surface area contributed by atoms with Gasteiger partial charge in [0.1, 0.15) is 0 Å². The Hall–Kier alpha value is -2.55. The van der Waals surface area contributed by atoms with Crippen molar-refractivity contribution in [3.8, 4) is 0 Å². The van der Waals surface area contributed by atoms with Crippen molar-refractivity contribution >= 4 is 11.7 Å². The second kappa shape index (κ2) is 8.02. The number of fused-ring (bicyclic) bond motifs is 1. The molecule has 0 aromatic heterocycles. The predicted octanol–water partition coefficient (Wildman–Crippen LogP) is 4.89. The quantitative estimate of drug-likeness (QED) is 0.556. The Morgan fingerprint density at radius 1 is 1.20 bits per heavy atom. The van der Waals surface area contributed by atoms with Crippen LogP contribution in [0.4, 0.5) is 5.69 Å². The first-order valence-electron chi connectivity index (χ1n) is 8.92. The number of carbonyl (C=O) groups excluding carboxylic acids is 1. The first-order valence-corrected chi connectivity index (χ1v) is 8.92. The smallest absolute Gasteiger partial charge is 0.309 e. The summed E-state index contributed by atoms with van der Waals surface area (Å²) in [4.78, 5) is 14.0. The summed E-state index contributed by atoms with van der Waals surface area (Å²) < 4.78 is 5.00. The third-order valence-electron chi connectivity index (χ3n) is 4.67. The molecule has 2 aromatic carbocycles. The van der Waals surface area contributed by atoms with Crippen LogP contribution in [0.1, 0.15) is 37.4 Å². The van der Waals surface area contributed by atoms with Crippen molar-refractivity contribution in [2.24, 2.45) is 5.92 Å². The molecular weight excluding hydrogens is 310 g/mol. The topological polar surface area (TPSA) is 29.5 Å². The van der Waals surface area contributed by atoms with E-state index in [0.29, 0.717) is 18.9 Å². The number of nitrogens with zero attached hydrogens (tertiary/aromatic N) is 1. The van der Waals surface area contributed by atoms with Gasteiger partial charge in [-0.05, 0) is 36.1 Å². The number of benzene rings is 2. The van der Waals surface area contributed by atoms with Crippen LogP contribution in [0.15, 0.2) is 66.7 Å². The average molecular weight is 335 g/mol. The maximum absolute atomic E-state index is 11.5. The van der Waals surface area contributed by atoms with Gasteiger partial charge in [0.2, 0.25) is 0 Å². The molecule has 0 spiro atoms. The van der Waals surface area contributed by atoms with Gasteiger partial charge in [-0.15, -0.1) is 0 Å². The van der Waals surface area contributed by atoms with Crippen molar-refractivity contribution < 1.29 is 9.53 Å². The lowest BCUT2D eigenvalue weighted by molar-refractivity contribution is -0.142. The number of anilines is 1. The minimum absolute atomic E-state index is 0.169. The Balaban J connectivity index is 1.82. The molecule has 0 radical (unpaired) electrons. The summed E-state index contributed by atoms with van der Waals surface area (Å²) in [7, 11) is 0. The van der Waals surface area contributed by atoms with Crippen LogP contribution in [0.3, 0.4) is 0 Å². The maximum Gasteiger partial charge on any atom is 0.309 e. The zero-order chi connectivity index (χ0) is 17.6.